The highest BCUT2D eigenvalue weighted by molar-refractivity contribution is 7.93. The normalized spacial score (nSPS) is 10.3. The molecule has 0 spiro atoms. The number of hydrogen-bond donors (Lipinski definition) is 0. The van der Waals surface area contributed by atoms with E-state index in [4.69, 9.17) is 0 Å². The Morgan fingerprint density at radius 2 is 0.923 bits per heavy atom. The number of thiocarbonyl (C=S) groups is 2. The fourth-order valence-electron chi connectivity index (χ4n) is 1.07. The van der Waals surface area contributed by atoms with Crippen molar-refractivity contribution in [3.63, 3.8) is 0 Å². The zero-order valence-corrected chi connectivity index (χ0v) is 11.6. The van der Waals surface area contributed by atoms with Gasteiger partial charge in [0, 0.05) is 4.31 Å². The second kappa shape index (κ2) is 9.10. The fraction of sp³-hybridized carbons (Fsp3) is 0.857. The molecular weight excluding hydrogens is 221 g/mol. The quantitative estimate of drug-likeness (QED) is 0.548. The van der Waals surface area contributed by atoms with Gasteiger partial charge in [0.2, 0.25) is 0 Å². The van der Waals surface area contributed by atoms with Gasteiger partial charge in [0.15, 0.2) is 0 Å². The maximum atomic E-state index is 3.96. The zero-order valence-electron chi connectivity index (χ0n) is 9.11. The summed E-state index contributed by atoms with van der Waals surface area (Å²) < 4.78 is 8.61. The Labute approximate surface area is 93.6 Å². The van der Waals surface area contributed by atoms with E-state index in [0.29, 0.717) is 0 Å². The van der Waals surface area contributed by atoms with Crippen LogP contribution in [0.3, 0.4) is 0 Å². The van der Waals surface area contributed by atoms with Crippen molar-refractivity contribution in [2.24, 2.45) is 0 Å². The van der Waals surface area contributed by atoms with Crippen LogP contribution in [0.25, 0.3) is 0 Å². The lowest BCUT2D eigenvalue weighted by Crippen LogP contribution is -2.25. The minimum absolute atomic E-state index is 0.238. The molecule has 3 nitrogen and oxygen atoms in total. The molecule has 0 aromatic heterocycles. The standard InChI is InChI=1S/C6H18N3P.CS2/c1-7(2)10(8(3)4)9(5)6;2-1-3/h1-6H3;. The fourth-order valence-corrected chi connectivity index (χ4v) is 3.22. The summed E-state index contributed by atoms with van der Waals surface area (Å²) in [5.41, 5.74) is 0. The maximum Gasteiger partial charge on any atom is 0.118 e. The van der Waals surface area contributed by atoms with Crippen LogP contribution in [-0.2, 0) is 0 Å². The van der Waals surface area contributed by atoms with Crippen molar-refractivity contribution in [2.75, 3.05) is 42.3 Å². The molecule has 13 heavy (non-hydrogen) atoms. The van der Waals surface area contributed by atoms with E-state index in [-0.39, 0.29) is 8.37 Å². The molecule has 78 valence electrons. The number of rotatable bonds is 3. The highest BCUT2D eigenvalue weighted by Crippen LogP contribution is 2.40. The SMILES string of the molecule is CN(C)P(N(C)C)N(C)C.S=C=S. The highest BCUT2D eigenvalue weighted by atomic mass is 32.1. The van der Waals surface area contributed by atoms with E-state index in [1.54, 1.807) is 0 Å². The lowest BCUT2D eigenvalue weighted by molar-refractivity contribution is 0.490. The van der Waals surface area contributed by atoms with E-state index in [0.717, 1.165) is 0 Å². The van der Waals surface area contributed by atoms with Gasteiger partial charge in [-0.05, 0) is 66.7 Å². The van der Waals surface area contributed by atoms with E-state index in [9.17, 15) is 0 Å². The van der Waals surface area contributed by atoms with Gasteiger partial charge in [-0.15, -0.1) is 0 Å². The molecule has 0 aromatic carbocycles. The van der Waals surface area contributed by atoms with Crippen molar-refractivity contribution in [3.05, 3.63) is 0 Å². The predicted octanol–water partition coefficient (Wildman–Crippen LogP) is 1.92. The lowest BCUT2D eigenvalue weighted by Gasteiger charge is -2.34. The Morgan fingerprint density at radius 1 is 0.769 bits per heavy atom. The second-order valence-corrected chi connectivity index (χ2v) is 6.50. The molecule has 0 heterocycles. The molecule has 0 aliphatic carbocycles. The summed E-state index contributed by atoms with van der Waals surface area (Å²) in [5, 5.41) is 0. The minimum Gasteiger partial charge on any atom is -0.264 e. The molecule has 0 aliphatic rings. The lowest BCUT2D eigenvalue weighted by atomic mass is 11.2. The molecule has 0 rings (SSSR count). The number of nitrogens with zero attached hydrogens (tertiary/aromatic N) is 3. The van der Waals surface area contributed by atoms with Crippen LogP contribution in [0.2, 0.25) is 0 Å². The van der Waals surface area contributed by atoms with Gasteiger partial charge in [0.1, 0.15) is 8.37 Å². The van der Waals surface area contributed by atoms with Crippen LogP contribution in [0.15, 0.2) is 0 Å². The molecule has 0 bridgehead atoms. The highest BCUT2D eigenvalue weighted by Gasteiger charge is 2.15. The Hall–Kier alpha value is 0.530. The molecule has 0 aliphatic heterocycles. The Balaban J connectivity index is 0. The van der Waals surface area contributed by atoms with Crippen LogP contribution in [-0.4, -0.2) is 60.6 Å². The minimum atomic E-state index is -0.238. The van der Waals surface area contributed by atoms with Crippen molar-refractivity contribution >= 4 is 37.1 Å². The van der Waals surface area contributed by atoms with E-state index in [1.165, 1.54) is 0 Å². The summed E-state index contributed by atoms with van der Waals surface area (Å²) in [6.45, 7) is 0. The zero-order chi connectivity index (χ0) is 11.0. The molecule has 0 unspecified atom stereocenters. The van der Waals surface area contributed by atoms with Crippen LogP contribution < -0.4 is 0 Å². The van der Waals surface area contributed by atoms with E-state index < -0.39 is 0 Å². The smallest absolute Gasteiger partial charge is 0.118 e. The third-order valence-corrected chi connectivity index (χ3v) is 3.22. The largest absolute Gasteiger partial charge is 0.264 e. The summed E-state index contributed by atoms with van der Waals surface area (Å²) in [4.78, 5) is 0. The average molecular weight is 239 g/mol. The Bertz CT molecular complexity index is 137. The topological polar surface area (TPSA) is 9.72 Å². The van der Waals surface area contributed by atoms with Crippen LogP contribution in [0.4, 0.5) is 0 Å². The Kier molecular flexibility index (Phi) is 11.2. The van der Waals surface area contributed by atoms with Crippen LogP contribution in [0, 0.1) is 0 Å². The van der Waals surface area contributed by atoms with E-state index in [1.807, 2.05) is 4.31 Å². The summed E-state index contributed by atoms with van der Waals surface area (Å²) >= 11 is 7.92. The van der Waals surface area contributed by atoms with Crippen LogP contribution in [0.5, 0.6) is 0 Å². The van der Waals surface area contributed by atoms with Gasteiger partial charge in [0.05, 0.1) is 0 Å². The monoisotopic (exact) mass is 239 g/mol. The predicted molar refractivity (Wildman–Crippen MR) is 68.2 cm³/mol. The first-order valence-electron chi connectivity index (χ1n) is 3.69. The van der Waals surface area contributed by atoms with Crippen molar-refractivity contribution in [3.8, 4) is 0 Å². The molecule has 0 saturated heterocycles. The van der Waals surface area contributed by atoms with Crippen molar-refractivity contribution in [1.29, 1.82) is 0 Å². The van der Waals surface area contributed by atoms with Crippen molar-refractivity contribution in [2.45, 2.75) is 0 Å². The molecule has 0 radical (unpaired) electrons. The first kappa shape index (κ1) is 16.0. The van der Waals surface area contributed by atoms with Gasteiger partial charge in [-0.25, -0.2) is 0 Å². The summed E-state index contributed by atoms with van der Waals surface area (Å²) in [6.07, 6.45) is 0. The molecule has 0 atom stereocenters. The van der Waals surface area contributed by atoms with Crippen LogP contribution in [0.1, 0.15) is 0 Å². The maximum absolute atomic E-state index is 3.96. The number of hydrogen-bond acceptors (Lipinski definition) is 5. The Morgan fingerprint density at radius 3 is 0.923 bits per heavy atom. The summed E-state index contributed by atoms with van der Waals surface area (Å²) in [6, 6.07) is 0. The van der Waals surface area contributed by atoms with Gasteiger partial charge in [-0.2, -0.15) is 0 Å². The summed E-state index contributed by atoms with van der Waals surface area (Å²) in [7, 11) is 12.4. The molecule has 0 fully saturated rings. The molecule has 0 aromatic rings. The third kappa shape index (κ3) is 8.85. The van der Waals surface area contributed by atoms with Gasteiger partial charge in [0.25, 0.3) is 0 Å². The average Bonchev–Trinajstić information content (AvgIpc) is 1.84. The molecular formula is C7H18N3PS2. The first-order chi connectivity index (χ1) is 5.88. The first-order valence-corrected chi connectivity index (χ1v) is 5.71. The van der Waals surface area contributed by atoms with Gasteiger partial charge >= 0.3 is 0 Å². The van der Waals surface area contributed by atoms with Gasteiger partial charge < -0.3 is 0 Å². The van der Waals surface area contributed by atoms with Gasteiger partial charge in [-0.1, -0.05) is 0 Å². The summed E-state index contributed by atoms with van der Waals surface area (Å²) in [5.74, 6) is 0. The van der Waals surface area contributed by atoms with E-state index in [2.05, 4.69) is 80.7 Å². The van der Waals surface area contributed by atoms with Crippen LogP contribution >= 0.6 is 32.8 Å². The van der Waals surface area contributed by atoms with Gasteiger partial charge in [-0.3, -0.25) is 14.0 Å². The molecule has 0 N–H and O–H groups in total. The molecule has 0 amide bonds. The third-order valence-electron chi connectivity index (χ3n) is 1.07. The molecule has 6 heteroatoms. The van der Waals surface area contributed by atoms with Crippen molar-refractivity contribution < 1.29 is 0 Å². The van der Waals surface area contributed by atoms with E-state index >= 15 is 0 Å². The molecule has 0 saturated carbocycles. The van der Waals surface area contributed by atoms with Crippen molar-refractivity contribution in [1.82, 2.24) is 14.0 Å². The second-order valence-electron chi connectivity index (χ2n) is 2.89.